The van der Waals surface area contributed by atoms with Crippen LogP contribution in [0.1, 0.15) is 13.0 Å². The zero-order valence-corrected chi connectivity index (χ0v) is 11.5. The number of methoxy groups -OCH3 is 1. The van der Waals surface area contributed by atoms with E-state index < -0.39 is 11.0 Å². The van der Waals surface area contributed by atoms with Crippen LogP contribution in [0.15, 0.2) is 36.7 Å². The van der Waals surface area contributed by atoms with Gasteiger partial charge in [-0.15, -0.1) is 0 Å². The van der Waals surface area contributed by atoms with Crippen molar-refractivity contribution in [1.29, 1.82) is 0 Å². The van der Waals surface area contributed by atoms with Gasteiger partial charge in [0.05, 0.1) is 12.0 Å². The van der Waals surface area contributed by atoms with Gasteiger partial charge >= 0.3 is 5.69 Å². The molecule has 0 aliphatic rings. The van der Waals surface area contributed by atoms with Crippen molar-refractivity contribution in [2.24, 2.45) is 0 Å². The fraction of sp³-hybridized carbons (Fsp3) is 0.231. The second kappa shape index (κ2) is 6.04. The first-order valence-electron chi connectivity index (χ1n) is 6.14. The molecule has 1 aromatic carbocycles. The molecule has 0 bridgehead atoms. The van der Waals surface area contributed by atoms with Crippen molar-refractivity contribution in [3.05, 3.63) is 46.8 Å². The lowest BCUT2D eigenvalue weighted by atomic mass is 10.2. The molecule has 0 aliphatic heterocycles. The maximum absolute atomic E-state index is 12.1. The summed E-state index contributed by atoms with van der Waals surface area (Å²) in [6.07, 6.45) is 2.33. The van der Waals surface area contributed by atoms with Crippen LogP contribution in [0.5, 0.6) is 5.75 Å². The van der Waals surface area contributed by atoms with Gasteiger partial charge in [-0.1, -0.05) is 0 Å². The molecule has 0 saturated heterocycles. The maximum Gasteiger partial charge on any atom is 0.307 e. The van der Waals surface area contributed by atoms with Gasteiger partial charge in [0.1, 0.15) is 24.2 Å². The number of ether oxygens (including phenoxy) is 1. The van der Waals surface area contributed by atoms with E-state index >= 15 is 0 Å². The van der Waals surface area contributed by atoms with Crippen LogP contribution in [0.3, 0.4) is 0 Å². The Morgan fingerprint density at radius 3 is 2.62 bits per heavy atom. The summed E-state index contributed by atoms with van der Waals surface area (Å²) in [4.78, 5) is 22.1. The quantitative estimate of drug-likeness (QED) is 0.670. The summed E-state index contributed by atoms with van der Waals surface area (Å²) in [5.74, 6) is 0.363. The smallest absolute Gasteiger partial charge is 0.307 e. The van der Waals surface area contributed by atoms with Crippen LogP contribution in [0.4, 0.5) is 11.4 Å². The normalized spacial score (nSPS) is 11.7. The fourth-order valence-corrected chi connectivity index (χ4v) is 1.68. The summed E-state index contributed by atoms with van der Waals surface area (Å²) >= 11 is 0. The minimum Gasteiger partial charge on any atom is -0.497 e. The van der Waals surface area contributed by atoms with Crippen molar-refractivity contribution >= 4 is 17.3 Å². The molecule has 2 rings (SSSR count). The van der Waals surface area contributed by atoms with E-state index in [4.69, 9.17) is 4.74 Å². The number of anilines is 1. The SMILES string of the molecule is COc1ccc(NC(=O)C(C)n2cc([N+](=O)[O-])cn2)cc1. The standard InChI is InChI=1S/C13H14N4O4/c1-9(16-8-11(7-14-16)17(19)20)13(18)15-10-3-5-12(21-2)6-4-10/h3-9H,1-2H3,(H,15,18). The highest BCUT2D eigenvalue weighted by atomic mass is 16.6. The number of benzene rings is 1. The third-order valence-corrected chi connectivity index (χ3v) is 2.93. The molecule has 0 aliphatic carbocycles. The van der Waals surface area contributed by atoms with Crippen LogP contribution in [-0.4, -0.2) is 27.7 Å². The third-order valence-electron chi connectivity index (χ3n) is 2.93. The van der Waals surface area contributed by atoms with Gasteiger partial charge in [0.25, 0.3) is 0 Å². The Morgan fingerprint density at radius 2 is 2.10 bits per heavy atom. The molecule has 8 nitrogen and oxygen atoms in total. The lowest BCUT2D eigenvalue weighted by Gasteiger charge is -2.12. The number of rotatable bonds is 5. The summed E-state index contributed by atoms with van der Waals surface area (Å²) in [7, 11) is 1.56. The zero-order valence-electron chi connectivity index (χ0n) is 11.5. The molecule has 1 N–H and O–H groups in total. The zero-order chi connectivity index (χ0) is 15.4. The molecule has 1 atom stereocenters. The van der Waals surface area contributed by atoms with Crippen LogP contribution < -0.4 is 10.1 Å². The van der Waals surface area contributed by atoms with E-state index in [2.05, 4.69) is 10.4 Å². The highest BCUT2D eigenvalue weighted by molar-refractivity contribution is 5.93. The molecular weight excluding hydrogens is 276 g/mol. The van der Waals surface area contributed by atoms with Crippen LogP contribution in [0.2, 0.25) is 0 Å². The summed E-state index contributed by atoms with van der Waals surface area (Å²) in [6, 6.07) is 6.18. The van der Waals surface area contributed by atoms with Crippen molar-refractivity contribution in [2.45, 2.75) is 13.0 Å². The first kappa shape index (κ1) is 14.5. The maximum atomic E-state index is 12.1. The van der Waals surface area contributed by atoms with Gasteiger partial charge in [0, 0.05) is 5.69 Å². The highest BCUT2D eigenvalue weighted by Crippen LogP contribution is 2.18. The van der Waals surface area contributed by atoms with Crippen LogP contribution in [0.25, 0.3) is 0 Å². The number of hydrogen-bond donors (Lipinski definition) is 1. The summed E-state index contributed by atoms with van der Waals surface area (Å²) in [5, 5.41) is 17.1. The number of nitrogens with zero attached hydrogens (tertiary/aromatic N) is 3. The Bertz CT molecular complexity index is 650. The van der Waals surface area contributed by atoms with Gasteiger partial charge in [-0.05, 0) is 31.2 Å². The molecule has 2 aromatic rings. The Kier molecular flexibility index (Phi) is 4.17. The van der Waals surface area contributed by atoms with E-state index in [0.717, 1.165) is 6.20 Å². The number of nitro groups is 1. The molecule has 8 heteroatoms. The number of aromatic nitrogens is 2. The Balaban J connectivity index is 2.05. The van der Waals surface area contributed by atoms with Crippen molar-refractivity contribution in [3.63, 3.8) is 0 Å². The lowest BCUT2D eigenvalue weighted by molar-refractivity contribution is -0.385. The van der Waals surface area contributed by atoms with E-state index in [1.165, 1.54) is 10.9 Å². The first-order valence-corrected chi connectivity index (χ1v) is 6.14. The Hall–Kier alpha value is -2.90. The molecule has 1 amide bonds. The Morgan fingerprint density at radius 1 is 1.43 bits per heavy atom. The lowest BCUT2D eigenvalue weighted by Crippen LogP contribution is -2.23. The first-order chi connectivity index (χ1) is 10.0. The molecule has 0 radical (unpaired) electrons. The van der Waals surface area contributed by atoms with Gasteiger partial charge < -0.3 is 10.1 Å². The minimum absolute atomic E-state index is 0.154. The van der Waals surface area contributed by atoms with Crippen molar-refractivity contribution < 1.29 is 14.5 Å². The van der Waals surface area contributed by atoms with Crippen molar-refractivity contribution in [3.8, 4) is 5.75 Å². The van der Waals surface area contributed by atoms with Crippen LogP contribution in [0, 0.1) is 10.1 Å². The van der Waals surface area contributed by atoms with E-state index in [0.29, 0.717) is 11.4 Å². The van der Waals surface area contributed by atoms with E-state index in [9.17, 15) is 14.9 Å². The topological polar surface area (TPSA) is 99.3 Å². The van der Waals surface area contributed by atoms with E-state index in [1.54, 1.807) is 38.3 Å². The summed E-state index contributed by atoms with van der Waals surface area (Å²) in [5.41, 5.74) is 0.452. The van der Waals surface area contributed by atoms with Crippen molar-refractivity contribution in [1.82, 2.24) is 9.78 Å². The van der Waals surface area contributed by atoms with E-state index in [-0.39, 0.29) is 11.6 Å². The third kappa shape index (κ3) is 3.35. The predicted octanol–water partition coefficient (Wildman–Crippen LogP) is 2.00. The number of carbonyl (C=O) groups excluding carboxylic acids is 1. The average Bonchev–Trinajstić information content (AvgIpc) is 2.97. The van der Waals surface area contributed by atoms with Gasteiger partial charge in [-0.3, -0.25) is 19.6 Å². The van der Waals surface area contributed by atoms with Gasteiger partial charge in [0.15, 0.2) is 0 Å². The molecule has 0 saturated carbocycles. The number of amides is 1. The van der Waals surface area contributed by atoms with Gasteiger partial charge in [-0.25, -0.2) is 0 Å². The van der Waals surface area contributed by atoms with Gasteiger partial charge in [-0.2, -0.15) is 5.10 Å². The van der Waals surface area contributed by atoms with E-state index in [1.807, 2.05) is 0 Å². The Labute approximate surface area is 120 Å². The molecule has 21 heavy (non-hydrogen) atoms. The van der Waals surface area contributed by atoms with Crippen molar-refractivity contribution in [2.75, 3.05) is 12.4 Å². The van der Waals surface area contributed by atoms with Crippen LogP contribution in [-0.2, 0) is 4.79 Å². The summed E-state index contributed by atoms with van der Waals surface area (Å²) in [6.45, 7) is 1.61. The molecule has 0 fully saturated rings. The molecule has 0 spiro atoms. The molecule has 110 valence electrons. The summed E-state index contributed by atoms with van der Waals surface area (Å²) < 4.78 is 6.27. The second-order valence-corrected chi connectivity index (χ2v) is 4.33. The number of hydrogen-bond acceptors (Lipinski definition) is 5. The highest BCUT2D eigenvalue weighted by Gasteiger charge is 2.19. The van der Waals surface area contributed by atoms with Gasteiger partial charge in [0.2, 0.25) is 5.91 Å². The minimum atomic E-state index is -0.666. The second-order valence-electron chi connectivity index (χ2n) is 4.33. The number of nitrogens with one attached hydrogen (secondary N) is 1. The average molecular weight is 290 g/mol. The monoisotopic (exact) mass is 290 g/mol. The molecular formula is C13H14N4O4. The predicted molar refractivity (Wildman–Crippen MR) is 75.2 cm³/mol. The van der Waals surface area contributed by atoms with Crippen LogP contribution >= 0.6 is 0 Å². The molecule has 1 unspecified atom stereocenters. The molecule has 1 heterocycles. The fourth-order valence-electron chi connectivity index (χ4n) is 1.68. The largest absolute Gasteiger partial charge is 0.497 e. The number of carbonyl (C=O) groups is 1. The molecule has 1 aromatic heterocycles.